The molecular formula is C20H17IN2O6. The molecule has 0 aromatic heterocycles. The third-order valence-electron chi connectivity index (χ3n) is 4.23. The van der Waals surface area contributed by atoms with Gasteiger partial charge >= 0.3 is 12.0 Å². The molecule has 1 heterocycles. The van der Waals surface area contributed by atoms with Crippen molar-refractivity contribution >= 4 is 46.6 Å². The Labute approximate surface area is 180 Å². The van der Waals surface area contributed by atoms with Crippen LogP contribution in [0.2, 0.25) is 0 Å². The molecule has 0 radical (unpaired) electrons. The Hall–Kier alpha value is -3.08. The first kappa shape index (κ1) is 20.6. The molecule has 3 rings (SSSR count). The predicted octanol–water partition coefficient (Wildman–Crippen LogP) is 3.10. The Kier molecular flexibility index (Phi) is 6.06. The Morgan fingerprint density at radius 1 is 1.24 bits per heavy atom. The van der Waals surface area contributed by atoms with Crippen LogP contribution in [0.4, 0.5) is 4.79 Å². The number of carboxylic acid groups (broad SMARTS) is 1. The molecule has 1 aliphatic heterocycles. The van der Waals surface area contributed by atoms with E-state index in [1.165, 1.54) is 26.3 Å². The van der Waals surface area contributed by atoms with Crippen molar-refractivity contribution in [3.05, 3.63) is 62.4 Å². The lowest BCUT2D eigenvalue weighted by Crippen LogP contribution is -2.25. The summed E-state index contributed by atoms with van der Waals surface area (Å²) in [4.78, 5) is 35.5. The summed E-state index contributed by atoms with van der Waals surface area (Å²) in [5, 5.41) is 11.5. The number of likely N-dealkylation sites (N-methyl/N-ethyl adjacent to an activating group) is 1. The van der Waals surface area contributed by atoms with Crippen molar-refractivity contribution in [2.45, 2.75) is 6.61 Å². The normalized spacial score (nSPS) is 14.9. The van der Waals surface area contributed by atoms with Crippen LogP contribution in [0.5, 0.6) is 11.5 Å². The first-order valence-electron chi connectivity index (χ1n) is 8.43. The van der Waals surface area contributed by atoms with Crippen molar-refractivity contribution in [3.8, 4) is 11.5 Å². The number of carbonyl (C=O) groups excluding carboxylic acids is 2. The highest BCUT2D eigenvalue weighted by Gasteiger charge is 2.30. The van der Waals surface area contributed by atoms with Gasteiger partial charge in [-0.15, -0.1) is 0 Å². The molecule has 0 bridgehead atoms. The van der Waals surface area contributed by atoms with Crippen molar-refractivity contribution < 1.29 is 29.0 Å². The molecule has 9 heteroatoms. The van der Waals surface area contributed by atoms with Gasteiger partial charge in [-0.25, -0.2) is 9.59 Å². The van der Waals surface area contributed by atoms with Crippen LogP contribution in [-0.4, -0.2) is 42.1 Å². The van der Waals surface area contributed by atoms with E-state index in [0.717, 1.165) is 14.0 Å². The number of nitrogens with zero attached hydrogens (tertiary/aromatic N) is 1. The Morgan fingerprint density at radius 2 is 1.93 bits per heavy atom. The molecule has 2 N–H and O–H groups in total. The maximum Gasteiger partial charge on any atom is 0.335 e. The van der Waals surface area contributed by atoms with E-state index in [2.05, 4.69) is 27.9 Å². The fourth-order valence-corrected chi connectivity index (χ4v) is 3.43. The number of carboxylic acids is 1. The Balaban J connectivity index is 1.81. The number of halogens is 1. The minimum Gasteiger partial charge on any atom is -0.493 e. The number of hydrogen-bond donors (Lipinski definition) is 2. The predicted molar refractivity (Wildman–Crippen MR) is 113 cm³/mol. The topological polar surface area (TPSA) is 105 Å². The lowest BCUT2D eigenvalue weighted by molar-refractivity contribution is -0.121. The summed E-state index contributed by atoms with van der Waals surface area (Å²) >= 11 is 2.10. The zero-order valence-corrected chi connectivity index (χ0v) is 17.7. The van der Waals surface area contributed by atoms with E-state index in [4.69, 9.17) is 14.6 Å². The molecule has 0 unspecified atom stereocenters. The van der Waals surface area contributed by atoms with Gasteiger partial charge in [-0.3, -0.25) is 9.69 Å². The van der Waals surface area contributed by atoms with Crippen molar-refractivity contribution in [3.63, 3.8) is 0 Å². The Morgan fingerprint density at radius 3 is 2.48 bits per heavy atom. The van der Waals surface area contributed by atoms with Gasteiger partial charge in [-0.1, -0.05) is 12.1 Å². The number of nitrogens with one attached hydrogen (secondary N) is 1. The molecule has 2 aromatic rings. The first-order chi connectivity index (χ1) is 13.8. The van der Waals surface area contributed by atoms with Gasteiger partial charge in [-0.2, -0.15) is 0 Å². The third kappa shape index (κ3) is 4.50. The number of aromatic carboxylic acids is 1. The second-order valence-electron chi connectivity index (χ2n) is 6.18. The summed E-state index contributed by atoms with van der Waals surface area (Å²) in [6.45, 7) is 0.228. The molecule has 0 saturated carbocycles. The lowest BCUT2D eigenvalue weighted by atomic mass is 10.1. The number of imide groups is 1. The van der Waals surface area contributed by atoms with Crippen LogP contribution >= 0.6 is 22.6 Å². The monoisotopic (exact) mass is 508 g/mol. The van der Waals surface area contributed by atoms with Gasteiger partial charge in [0, 0.05) is 7.05 Å². The van der Waals surface area contributed by atoms with E-state index in [1.807, 2.05) is 0 Å². The molecule has 0 spiro atoms. The van der Waals surface area contributed by atoms with E-state index in [1.54, 1.807) is 30.3 Å². The van der Waals surface area contributed by atoms with Gasteiger partial charge in [0.25, 0.3) is 5.91 Å². The highest BCUT2D eigenvalue weighted by molar-refractivity contribution is 14.1. The van der Waals surface area contributed by atoms with Gasteiger partial charge in [0.15, 0.2) is 11.5 Å². The van der Waals surface area contributed by atoms with Crippen LogP contribution in [0.1, 0.15) is 21.5 Å². The van der Waals surface area contributed by atoms with Gasteiger partial charge in [0.05, 0.1) is 16.2 Å². The van der Waals surface area contributed by atoms with Crippen molar-refractivity contribution in [1.29, 1.82) is 0 Å². The van der Waals surface area contributed by atoms with Crippen LogP contribution in [-0.2, 0) is 11.4 Å². The summed E-state index contributed by atoms with van der Waals surface area (Å²) < 4.78 is 12.1. The van der Waals surface area contributed by atoms with E-state index < -0.39 is 17.9 Å². The largest absolute Gasteiger partial charge is 0.493 e. The summed E-state index contributed by atoms with van der Waals surface area (Å²) in [7, 11) is 2.91. The molecule has 150 valence electrons. The number of hydrogen-bond acceptors (Lipinski definition) is 5. The van der Waals surface area contributed by atoms with Crippen LogP contribution in [0.25, 0.3) is 6.08 Å². The average molecular weight is 508 g/mol. The van der Waals surface area contributed by atoms with Crippen molar-refractivity contribution in [2.24, 2.45) is 0 Å². The molecule has 1 saturated heterocycles. The number of carbonyl (C=O) groups is 3. The highest BCUT2D eigenvalue weighted by atomic mass is 127. The lowest BCUT2D eigenvalue weighted by Gasteiger charge is -2.14. The first-order valence-corrected chi connectivity index (χ1v) is 9.51. The summed E-state index contributed by atoms with van der Waals surface area (Å²) in [6, 6.07) is 9.44. The summed E-state index contributed by atoms with van der Waals surface area (Å²) in [5.41, 5.74) is 1.87. The van der Waals surface area contributed by atoms with Gasteiger partial charge in [0.1, 0.15) is 12.3 Å². The second-order valence-corrected chi connectivity index (χ2v) is 7.34. The zero-order valence-electron chi connectivity index (χ0n) is 15.6. The number of methoxy groups -OCH3 is 1. The maximum absolute atomic E-state index is 12.0. The molecule has 1 fully saturated rings. The Bertz CT molecular complexity index is 1020. The molecule has 2 aromatic carbocycles. The molecule has 1 aliphatic rings. The van der Waals surface area contributed by atoms with Gasteiger partial charge in [-0.05, 0) is 64.1 Å². The number of rotatable bonds is 6. The zero-order chi connectivity index (χ0) is 21.1. The summed E-state index contributed by atoms with van der Waals surface area (Å²) in [5.74, 6) is -0.400. The molecule has 0 atom stereocenters. The number of amides is 3. The van der Waals surface area contributed by atoms with Crippen LogP contribution in [0, 0.1) is 3.57 Å². The molecule has 8 nitrogen and oxygen atoms in total. The van der Waals surface area contributed by atoms with E-state index >= 15 is 0 Å². The minimum absolute atomic E-state index is 0.183. The van der Waals surface area contributed by atoms with Crippen LogP contribution in [0.3, 0.4) is 0 Å². The second kappa shape index (κ2) is 8.52. The van der Waals surface area contributed by atoms with E-state index in [9.17, 15) is 14.4 Å². The molecule has 29 heavy (non-hydrogen) atoms. The van der Waals surface area contributed by atoms with Crippen LogP contribution < -0.4 is 14.8 Å². The number of benzene rings is 2. The van der Waals surface area contributed by atoms with Gasteiger partial charge in [0.2, 0.25) is 0 Å². The third-order valence-corrected chi connectivity index (χ3v) is 5.03. The fourth-order valence-electron chi connectivity index (χ4n) is 2.65. The van der Waals surface area contributed by atoms with Crippen molar-refractivity contribution in [1.82, 2.24) is 10.2 Å². The number of ether oxygens (including phenoxy) is 2. The molecule has 0 aliphatic carbocycles. The smallest absolute Gasteiger partial charge is 0.335 e. The van der Waals surface area contributed by atoms with Gasteiger partial charge < -0.3 is 19.9 Å². The molecular weight excluding hydrogens is 491 g/mol. The van der Waals surface area contributed by atoms with E-state index in [0.29, 0.717) is 17.1 Å². The standard InChI is InChI=1S/C20H17IN2O6/c1-23-18(24)15(22-20(23)27)8-12-7-14(21)17(16(9-12)28-2)29-10-11-3-5-13(6-4-11)19(25)26/h3-9H,10H2,1-2H3,(H,22,27)(H,25,26)/b15-8+. The highest BCUT2D eigenvalue weighted by Crippen LogP contribution is 2.35. The molecule has 3 amide bonds. The van der Waals surface area contributed by atoms with Crippen molar-refractivity contribution in [2.75, 3.05) is 14.2 Å². The fraction of sp³-hybridized carbons (Fsp3) is 0.150. The number of urea groups is 1. The van der Waals surface area contributed by atoms with E-state index in [-0.39, 0.29) is 17.9 Å². The quantitative estimate of drug-likeness (QED) is 0.353. The maximum atomic E-state index is 12.0. The average Bonchev–Trinajstić information content (AvgIpc) is 2.93. The SMILES string of the molecule is COc1cc(/C=C2/NC(=O)N(C)C2=O)cc(I)c1OCc1ccc(C(=O)O)cc1. The van der Waals surface area contributed by atoms with Crippen LogP contribution in [0.15, 0.2) is 42.1 Å². The summed E-state index contributed by atoms with van der Waals surface area (Å²) in [6.07, 6.45) is 1.57. The minimum atomic E-state index is -0.985.